The maximum absolute atomic E-state index is 10.9. The summed E-state index contributed by atoms with van der Waals surface area (Å²) >= 11 is 1.46. The summed E-state index contributed by atoms with van der Waals surface area (Å²) in [5, 5.41) is 14.0. The SMILES string of the molecule is O=C(O)c1csc(CNc2cccnc2N2CCCC2)c1. The van der Waals surface area contributed by atoms with Gasteiger partial charge in [-0.25, -0.2) is 9.78 Å². The van der Waals surface area contributed by atoms with Gasteiger partial charge in [0, 0.05) is 36.1 Å². The first-order valence-electron chi connectivity index (χ1n) is 6.98. The highest BCUT2D eigenvalue weighted by atomic mass is 32.1. The Morgan fingerprint density at radius 3 is 2.95 bits per heavy atom. The number of aromatic carboxylic acids is 1. The van der Waals surface area contributed by atoms with Crippen molar-refractivity contribution in [2.24, 2.45) is 0 Å². The van der Waals surface area contributed by atoms with Crippen LogP contribution in [0, 0.1) is 0 Å². The first-order valence-corrected chi connectivity index (χ1v) is 7.86. The lowest BCUT2D eigenvalue weighted by molar-refractivity contribution is 0.0697. The zero-order chi connectivity index (χ0) is 14.7. The van der Waals surface area contributed by atoms with Crippen LogP contribution in [-0.2, 0) is 6.54 Å². The van der Waals surface area contributed by atoms with Gasteiger partial charge in [-0.05, 0) is 31.0 Å². The summed E-state index contributed by atoms with van der Waals surface area (Å²) in [6.07, 6.45) is 4.23. The molecule has 3 rings (SSSR count). The molecule has 5 nitrogen and oxygen atoms in total. The Kier molecular flexibility index (Phi) is 4.06. The van der Waals surface area contributed by atoms with Crippen molar-refractivity contribution in [3.05, 3.63) is 40.2 Å². The van der Waals surface area contributed by atoms with Gasteiger partial charge in [-0.2, -0.15) is 0 Å². The Morgan fingerprint density at radius 2 is 2.24 bits per heavy atom. The molecule has 0 amide bonds. The van der Waals surface area contributed by atoms with Crippen LogP contribution in [0.2, 0.25) is 0 Å². The summed E-state index contributed by atoms with van der Waals surface area (Å²) < 4.78 is 0. The third kappa shape index (κ3) is 3.16. The van der Waals surface area contributed by atoms with Crippen LogP contribution >= 0.6 is 11.3 Å². The molecule has 0 spiro atoms. The van der Waals surface area contributed by atoms with Gasteiger partial charge in [0.2, 0.25) is 0 Å². The number of nitrogens with zero attached hydrogens (tertiary/aromatic N) is 2. The molecule has 2 aromatic heterocycles. The van der Waals surface area contributed by atoms with E-state index in [9.17, 15) is 4.79 Å². The molecule has 1 aliphatic heterocycles. The van der Waals surface area contributed by atoms with Crippen LogP contribution < -0.4 is 10.2 Å². The Hall–Kier alpha value is -2.08. The molecule has 1 fully saturated rings. The van der Waals surface area contributed by atoms with Gasteiger partial charge in [0.25, 0.3) is 0 Å². The van der Waals surface area contributed by atoms with Crippen molar-refractivity contribution >= 4 is 28.8 Å². The van der Waals surface area contributed by atoms with E-state index in [0.717, 1.165) is 29.5 Å². The summed E-state index contributed by atoms with van der Waals surface area (Å²) in [7, 11) is 0. The molecule has 21 heavy (non-hydrogen) atoms. The minimum atomic E-state index is -0.878. The summed E-state index contributed by atoms with van der Waals surface area (Å²) in [6.45, 7) is 2.71. The smallest absolute Gasteiger partial charge is 0.336 e. The molecule has 0 bridgehead atoms. The second kappa shape index (κ2) is 6.13. The van der Waals surface area contributed by atoms with Crippen molar-refractivity contribution in [3.8, 4) is 0 Å². The number of carboxylic acid groups (broad SMARTS) is 1. The van der Waals surface area contributed by atoms with Crippen LogP contribution in [0.15, 0.2) is 29.8 Å². The maximum atomic E-state index is 10.9. The summed E-state index contributed by atoms with van der Waals surface area (Å²) in [5.41, 5.74) is 1.35. The quantitative estimate of drug-likeness (QED) is 0.888. The van der Waals surface area contributed by atoms with Gasteiger partial charge in [-0.3, -0.25) is 0 Å². The van der Waals surface area contributed by atoms with Crippen LogP contribution in [0.4, 0.5) is 11.5 Å². The van der Waals surface area contributed by atoms with E-state index in [2.05, 4.69) is 15.2 Å². The molecule has 6 heteroatoms. The van der Waals surface area contributed by atoms with E-state index in [1.165, 1.54) is 24.2 Å². The molecule has 3 heterocycles. The second-order valence-corrected chi connectivity index (χ2v) is 6.02. The zero-order valence-corrected chi connectivity index (χ0v) is 12.4. The molecule has 0 unspecified atom stereocenters. The van der Waals surface area contributed by atoms with Crippen molar-refractivity contribution in [1.82, 2.24) is 4.98 Å². The highest BCUT2D eigenvalue weighted by Gasteiger charge is 2.16. The first kappa shape index (κ1) is 13.9. The number of hydrogen-bond donors (Lipinski definition) is 2. The topological polar surface area (TPSA) is 65.5 Å². The standard InChI is InChI=1S/C15H17N3O2S/c19-15(20)11-8-12(21-10-11)9-17-13-4-3-5-16-14(13)18-6-1-2-7-18/h3-5,8,10,17H,1-2,6-7,9H2,(H,19,20). The van der Waals surface area contributed by atoms with Crippen LogP contribution in [-0.4, -0.2) is 29.1 Å². The number of anilines is 2. The Bertz CT molecular complexity index is 635. The van der Waals surface area contributed by atoms with Crippen molar-refractivity contribution in [3.63, 3.8) is 0 Å². The van der Waals surface area contributed by atoms with Crippen LogP contribution in [0.1, 0.15) is 28.1 Å². The van der Waals surface area contributed by atoms with Crippen molar-refractivity contribution in [2.75, 3.05) is 23.3 Å². The lowest BCUT2D eigenvalue weighted by Crippen LogP contribution is -2.20. The molecule has 110 valence electrons. The van der Waals surface area contributed by atoms with Gasteiger partial charge >= 0.3 is 5.97 Å². The molecule has 0 aliphatic carbocycles. The van der Waals surface area contributed by atoms with E-state index in [1.807, 2.05) is 18.3 Å². The number of carboxylic acids is 1. The lowest BCUT2D eigenvalue weighted by atomic mass is 10.3. The maximum Gasteiger partial charge on any atom is 0.336 e. The van der Waals surface area contributed by atoms with Crippen LogP contribution in [0.25, 0.3) is 0 Å². The Morgan fingerprint density at radius 1 is 1.43 bits per heavy atom. The Labute approximate surface area is 127 Å². The van der Waals surface area contributed by atoms with Crippen molar-refractivity contribution < 1.29 is 9.90 Å². The molecule has 2 aromatic rings. The molecule has 0 radical (unpaired) electrons. The third-order valence-electron chi connectivity index (χ3n) is 3.55. The molecule has 0 aromatic carbocycles. The van der Waals surface area contributed by atoms with Gasteiger partial charge in [-0.15, -0.1) is 11.3 Å². The summed E-state index contributed by atoms with van der Waals surface area (Å²) in [6, 6.07) is 5.65. The van der Waals surface area contributed by atoms with E-state index >= 15 is 0 Å². The third-order valence-corrected chi connectivity index (χ3v) is 4.48. The fourth-order valence-corrected chi connectivity index (χ4v) is 3.28. The number of thiophene rings is 1. The first-order chi connectivity index (χ1) is 10.2. The highest BCUT2D eigenvalue weighted by Crippen LogP contribution is 2.27. The minimum Gasteiger partial charge on any atom is -0.478 e. The average Bonchev–Trinajstić information content (AvgIpc) is 3.17. The van der Waals surface area contributed by atoms with Crippen molar-refractivity contribution in [2.45, 2.75) is 19.4 Å². The van der Waals surface area contributed by atoms with Crippen LogP contribution in [0.3, 0.4) is 0 Å². The number of rotatable bonds is 5. The highest BCUT2D eigenvalue weighted by molar-refractivity contribution is 7.10. The van der Waals surface area contributed by atoms with Gasteiger partial charge in [-0.1, -0.05) is 0 Å². The number of aromatic nitrogens is 1. The van der Waals surface area contributed by atoms with E-state index < -0.39 is 5.97 Å². The van der Waals surface area contributed by atoms with Crippen molar-refractivity contribution in [1.29, 1.82) is 0 Å². The largest absolute Gasteiger partial charge is 0.478 e. The van der Waals surface area contributed by atoms with E-state index in [-0.39, 0.29) is 0 Å². The number of hydrogen-bond acceptors (Lipinski definition) is 5. The fraction of sp³-hybridized carbons (Fsp3) is 0.333. The lowest BCUT2D eigenvalue weighted by Gasteiger charge is -2.20. The second-order valence-electron chi connectivity index (χ2n) is 5.03. The normalized spacial score (nSPS) is 14.4. The predicted molar refractivity (Wildman–Crippen MR) is 84.3 cm³/mol. The predicted octanol–water partition coefficient (Wildman–Crippen LogP) is 3.05. The van der Waals surface area contributed by atoms with Crippen LogP contribution in [0.5, 0.6) is 0 Å². The van der Waals surface area contributed by atoms with Gasteiger partial charge in [0.05, 0.1) is 11.3 Å². The van der Waals surface area contributed by atoms with Gasteiger partial charge in [0.15, 0.2) is 5.82 Å². The summed E-state index contributed by atoms with van der Waals surface area (Å²) in [4.78, 5) is 18.7. The van der Waals surface area contributed by atoms with E-state index in [4.69, 9.17) is 5.11 Å². The van der Waals surface area contributed by atoms with Gasteiger partial charge in [0.1, 0.15) is 0 Å². The minimum absolute atomic E-state index is 0.350. The molecule has 1 aliphatic rings. The molecule has 0 atom stereocenters. The molecule has 1 saturated heterocycles. The molecule has 2 N–H and O–H groups in total. The van der Waals surface area contributed by atoms with E-state index in [0.29, 0.717) is 12.1 Å². The zero-order valence-electron chi connectivity index (χ0n) is 11.6. The number of pyridine rings is 1. The van der Waals surface area contributed by atoms with Gasteiger partial charge < -0.3 is 15.3 Å². The fourth-order valence-electron chi connectivity index (χ4n) is 2.48. The number of nitrogens with one attached hydrogen (secondary N) is 1. The number of carbonyl (C=O) groups is 1. The van der Waals surface area contributed by atoms with E-state index in [1.54, 1.807) is 11.4 Å². The average molecular weight is 303 g/mol. The molecular formula is C15H17N3O2S. The Balaban J connectivity index is 1.71. The molecule has 0 saturated carbocycles. The monoisotopic (exact) mass is 303 g/mol. The molecular weight excluding hydrogens is 286 g/mol. The summed E-state index contributed by atoms with van der Waals surface area (Å²) in [5.74, 6) is 0.113.